The molecule has 0 spiro atoms. The second-order valence-corrected chi connectivity index (χ2v) is 7.37. The average molecular weight is 375 g/mol. The van der Waals surface area contributed by atoms with Crippen LogP contribution in [0.4, 0.5) is 4.39 Å². The molecular weight excluding hydrogens is 353 g/mol. The number of amides is 2. The van der Waals surface area contributed by atoms with Gasteiger partial charge in [-0.3, -0.25) is 9.59 Å². The van der Waals surface area contributed by atoms with Gasteiger partial charge in [-0.25, -0.2) is 9.37 Å². The number of nitrogens with zero attached hydrogens (tertiary/aromatic N) is 2. The first kappa shape index (κ1) is 18.5. The summed E-state index contributed by atoms with van der Waals surface area (Å²) in [6.07, 6.45) is 2.55. The van der Waals surface area contributed by atoms with Gasteiger partial charge < -0.3 is 10.2 Å². The third-order valence-corrected chi connectivity index (χ3v) is 5.54. The second-order valence-electron chi connectivity index (χ2n) is 6.48. The van der Waals surface area contributed by atoms with Crippen LogP contribution in [0, 0.1) is 5.82 Å². The van der Waals surface area contributed by atoms with E-state index in [1.165, 1.54) is 19.1 Å². The van der Waals surface area contributed by atoms with Crippen LogP contribution in [0.3, 0.4) is 0 Å². The zero-order valence-electron chi connectivity index (χ0n) is 14.7. The Morgan fingerprint density at radius 1 is 1.38 bits per heavy atom. The fourth-order valence-corrected chi connectivity index (χ4v) is 4.14. The zero-order chi connectivity index (χ0) is 18.5. The number of hydrogen-bond donors (Lipinski definition) is 1. The van der Waals surface area contributed by atoms with Crippen molar-refractivity contribution in [2.24, 2.45) is 0 Å². The molecule has 2 heterocycles. The topological polar surface area (TPSA) is 62.3 Å². The normalized spacial score (nSPS) is 17.2. The Labute approximate surface area is 156 Å². The van der Waals surface area contributed by atoms with Crippen LogP contribution in [-0.2, 0) is 11.2 Å². The Balaban J connectivity index is 1.63. The largest absolute Gasteiger partial charge is 0.356 e. The summed E-state index contributed by atoms with van der Waals surface area (Å²) in [6.45, 7) is 3.27. The van der Waals surface area contributed by atoms with Gasteiger partial charge in [-0.15, -0.1) is 11.3 Å². The lowest BCUT2D eigenvalue weighted by Crippen LogP contribution is -2.39. The van der Waals surface area contributed by atoms with E-state index in [2.05, 4.69) is 10.3 Å². The lowest BCUT2D eigenvalue weighted by atomic mass is 9.98. The maximum Gasteiger partial charge on any atom is 0.256 e. The monoisotopic (exact) mass is 375 g/mol. The van der Waals surface area contributed by atoms with Crippen molar-refractivity contribution in [2.45, 2.75) is 32.1 Å². The molecule has 0 saturated carbocycles. The summed E-state index contributed by atoms with van der Waals surface area (Å²) >= 11 is 1.59. The molecule has 1 fully saturated rings. The van der Waals surface area contributed by atoms with Gasteiger partial charge in [-0.05, 0) is 25.0 Å². The molecule has 0 radical (unpaired) electrons. The number of rotatable bonds is 5. The molecule has 0 bridgehead atoms. The zero-order valence-corrected chi connectivity index (χ0v) is 15.5. The molecule has 1 aromatic heterocycles. The minimum atomic E-state index is -0.478. The molecule has 7 heteroatoms. The van der Waals surface area contributed by atoms with Gasteiger partial charge in [0, 0.05) is 44.3 Å². The molecule has 2 amide bonds. The van der Waals surface area contributed by atoms with Crippen molar-refractivity contribution in [1.29, 1.82) is 0 Å². The quantitative estimate of drug-likeness (QED) is 0.874. The van der Waals surface area contributed by atoms with E-state index in [1.807, 2.05) is 5.38 Å². The van der Waals surface area contributed by atoms with E-state index in [4.69, 9.17) is 0 Å². The Morgan fingerprint density at radius 2 is 2.19 bits per heavy atom. The summed E-state index contributed by atoms with van der Waals surface area (Å²) in [4.78, 5) is 30.0. The van der Waals surface area contributed by atoms with E-state index in [0.717, 1.165) is 23.5 Å². The number of piperidine rings is 1. The van der Waals surface area contributed by atoms with Crippen LogP contribution >= 0.6 is 11.3 Å². The van der Waals surface area contributed by atoms with E-state index in [-0.39, 0.29) is 23.3 Å². The number of halogens is 1. The minimum Gasteiger partial charge on any atom is -0.356 e. The van der Waals surface area contributed by atoms with E-state index in [1.54, 1.807) is 28.4 Å². The molecule has 1 aliphatic heterocycles. The van der Waals surface area contributed by atoms with Crippen LogP contribution in [0.25, 0.3) is 0 Å². The number of carbonyl (C=O) groups is 2. The highest BCUT2D eigenvalue weighted by Crippen LogP contribution is 2.30. The maximum absolute atomic E-state index is 13.9. The summed E-state index contributed by atoms with van der Waals surface area (Å²) < 4.78 is 13.9. The molecule has 1 N–H and O–H groups in total. The number of aromatic nitrogens is 1. The minimum absolute atomic E-state index is 0.0463. The molecule has 0 unspecified atom stereocenters. The first-order chi connectivity index (χ1) is 12.5. The summed E-state index contributed by atoms with van der Waals surface area (Å²) in [5.41, 5.74) is 1.08. The Bertz CT molecular complexity index is 793. The van der Waals surface area contributed by atoms with E-state index >= 15 is 0 Å². The molecule has 5 nitrogen and oxygen atoms in total. The first-order valence-electron chi connectivity index (χ1n) is 8.77. The summed E-state index contributed by atoms with van der Waals surface area (Å²) in [6, 6.07) is 6.12. The Hall–Kier alpha value is -2.28. The Kier molecular flexibility index (Phi) is 5.98. The predicted octanol–water partition coefficient (Wildman–Crippen LogP) is 2.98. The highest BCUT2D eigenvalue weighted by Gasteiger charge is 2.28. The SMILES string of the molecule is CC(=O)NCCc1csc([C@@H]2CCCN(C(=O)c3ccccc3F)C2)n1. The smallest absolute Gasteiger partial charge is 0.256 e. The van der Waals surface area contributed by atoms with Gasteiger partial charge in [0.2, 0.25) is 5.91 Å². The summed E-state index contributed by atoms with van der Waals surface area (Å²) in [7, 11) is 0. The van der Waals surface area contributed by atoms with Gasteiger partial charge in [0.1, 0.15) is 5.82 Å². The second kappa shape index (κ2) is 8.40. The maximum atomic E-state index is 13.9. The highest BCUT2D eigenvalue weighted by molar-refractivity contribution is 7.09. The lowest BCUT2D eigenvalue weighted by Gasteiger charge is -2.32. The highest BCUT2D eigenvalue weighted by atomic mass is 32.1. The molecule has 1 aliphatic rings. The molecule has 1 atom stereocenters. The van der Waals surface area contributed by atoms with Crippen LogP contribution in [-0.4, -0.2) is 41.3 Å². The van der Waals surface area contributed by atoms with E-state index < -0.39 is 5.82 Å². The van der Waals surface area contributed by atoms with Crippen molar-refractivity contribution >= 4 is 23.2 Å². The third kappa shape index (κ3) is 4.46. The van der Waals surface area contributed by atoms with Gasteiger partial charge in [0.05, 0.1) is 16.3 Å². The number of carbonyl (C=O) groups excluding carboxylic acids is 2. The van der Waals surface area contributed by atoms with Gasteiger partial charge in [0.25, 0.3) is 5.91 Å². The van der Waals surface area contributed by atoms with Crippen LogP contribution in [0.15, 0.2) is 29.6 Å². The number of likely N-dealkylation sites (tertiary alicyclic amines) is 1. The van der Waals surface area contributed by atoms with Crippen LogP contribution in [0.2, 0.25) is 0 Å². The fourth-order valence-electron chi connectivity index (χ4n) is 3.16. The van der Waals surface area contributed by atoms with Crippen molar-refractivity contribution in [3.8, 4) is 0 Å². The average Bonchev–Trinajstić information content (AvgIpc) is 3.10. The van der Waals surface area contributed by atoms with Crippen LogP contribution in [0.5, 0.6) is 0 Å². The van der Waals surface area contributed by atoms with Gasteiger partial charge in [0.15, 0.2) is 0 Å². The van der Waals surface area contributed by atoms with Crippen molar-refractivity contribution in [3.05, 3.63) is 51.7 Å². The molecule has 1 saturated heterocycles. The lowest BCUT2D eigenvalue weighted by molar-refractivity contribution is -0.118. The molecule has 2 aromatic rings. The third-order valence-electron chi connectivity index (χ3n) is 4.49. The first-order valence-corrected chi connectivity index (χ1v) is 9.65. The molecule has 138 valence electrons. The standard InChI is InChI=1S/C19H22FN3O2S/c1-13(24)21-9-8-15-12-26-18(22-15)14-5-4-10-23(11-14)19(25)16-6-2-3-7-17(16)20/h2-3,6-7,12,14H,4-5,8-11H2,1H3,(H,21,24)/t14-/m1/s1. The van der Waals surface area contributed by atoms with Crippen molar-refractivity contribution < 1.29 is 14.0 Å². The molecule has 0 aliphatic carbocycles. The number of thiazole rings is 1. The van der Waals surface area contributed by atoms with Gasteiger partial charge in [-0.1, -0.05) is 12.1 Å². The Morgan fingerprint density at radius 3 is 2.96 bits per heavy atom. The van der Waals surface area contributed by atoms with Crippen molar-refractivity contribution in [3.63, 3.8) is 0 Å². The van der Waals surface area contributed by atoms with Crippen molar-refractivity contribution in [2.75, 3.05) is 19.6 Å². The molecule has 1 aromatic carbocycles. The summed E-state index contributed by atoms with van der Waals surface area (Å²) in [5, 5.41) is 5.78. The van der Waals surface area contributed by atoms with Gasteiger partial charge >= 0.3 is 0 Å². The number of benzene rings is 1. The fraction of sp³-hybridized carbons (Fsp3) is 0.421. The molecular formula is C19H22FN3O2S. The van der Waals surface area contributed by atoms with Crippen LogP contribution < -0.4 is 5.32 Å². The molecule has 26 heavy (non-hydrogen) atoms. The number of nitrogens with one attached hydrogen (secondary N) is 1. The van der Waals surface area contributed by atoms with Gasteiger partial charge in [-0.2, -0.15) is 0 Å². The van der Waals surface area contributed by atoms with E-state index in [0.29, 0.717) is 26.1 Å². The molecule has 3 rings (SSSR count). The predicted molar refractivity (Wildman–Crippen MR) is 98.8 cm³/mol. The van der Waals surface area contributed by atoms with Crippen LogP contribution in [0.1, 0.15) is 46.7 Å². The van der Waals surface area contributed by atoms with E-state index in [9.17, 15) is 14.0 Å². The summed E-state index contributed by atoms with van der Waals surface area (Å²) in [5.74, 6) is -0.599. The number of hydrogen-bond acceptors (Lipinski definition) is 4. The van der Waals surface area contributed by atoms with Crippen molar-refractivity contribution in [1.82, 2.24) is 15.2 Å².